The average Bonchev–Trinajstić information content (AvgIpc) is 2.21. The molecule has 0 atom stereocenters. The Morgan fingerprint density at radius 2 is 2.20 bits per heavy atom. The predicted molar refractivity (Wildman–Crippen MR) is 60.1 cm³/mol. The summed E-state index contributed by atoms with van der Waals surface area (Å²) >= 11 is 5.80. The zero-order valence-electron chi connectivity index (χ0n) is 8.96. The van der Waals surface area contributed by atoms with Gasteiger partial charge in [0.25, 0.3) is 0 Å². The van der Waals surface area contributed by atoms with Gasteiger partial charge in [-0.3, -0.25) is 0 Å². The van der Waals surface area contributed by atoms with Gasteiger partial charge in [0.05, 0.1) is 5.02 Å². The lowest BCUT2D eigenvalue weighted by Crippen LogP contribution is -2.23. The largest absolute Gasteiger partial charge is 0.491 e. The number of benzene rings is 1. The molecule has 0 heterocycles. The highest BCUT2D eigenvalue weighted by atomic mass is 35.5. The van der Waals surface area contributed by atoms with Crippen LogP contribution in [-0.2, 0) is 0 Å². The van der Waals surface area contributed by atoms with Crippen LogP contribution in [-0.4, -0.2) is 31.6 Å². The summed E-state index contributed by atoms with van der Waals surface area (Å²) in [5, 5.41) is 0.314. The summed E-state index contributed by atoms with van der Waals surface area (Å²) in [6, 6.07) is 4.13. The van der Waals surface area contributed by atoms with Gasteiger partial charge in [-0.25, -0.2) is 4.39 Å². The second kappa shape index (κ2) is 5.93. The van der Waals surface area contributed by atoms with E-state index in [2.05, 4.69) is 11.8 Å². The maximum Gasteiger partial charge on any atom is 0.138 e. The van der Waals surface area contributed by atoms with Gasteiger partial charge in [-0.2, -0.15) is 0 Å². The first kappa shape index (κ1) is 12.3. The Morgan fingerprint density at radius 3 is 2.80 bits per heavy atom. The third-order valence-corrected chi connectivity index (χ3v) is 2.46. The molecule has 0 aromatic heterocycles. The summed E-state index contributed by atoms with van der Waals surface area (Å²) in [6.07, 6.45) is 0. The minimum atomic E-state index is -0.349. The van der Waals surface area contributed by atoms with Crippen LogP contribution in [0, 0.1) is 5.82 Å². The summed E-state index contributed by atoms with van der Waals surface area (Å²) in [4.78, 5) is 2.12. The summed E-state index contributed by atoms with van der Waals surface area (Å²) in [5.74, 6) is 0.181. The first-order valence-corrected chi connectivity index (χ1v) is 5.27. The molecule has 0 saturated carbocycles. The van der Waals surface area contributed by atoms with Crippen LogP contribution < -0.4 is 4.74 Å². The molecule has 4 heteroatoms. The highest BCUT2D eigenvalue weighted by molar-refractivity contribution is 6.32. The van der Waals surface area contributed by atoms with Crippen molar-refractivity contribution in [1.82, 2.24) is 4.90 Å². The van der Waals surface area contributed by atoms with Gasteiger partial charge in [0.2, 0.25) is 0 Å². The topological polar surface area (TPSA) is 12.5 Å². The van der Waals surface area contributed by atoms with E-state index in [-0.39, 0.29) is 5.82 Å². The maximum atomic E-state index is 12.7. The second-order valence-electron chi connectivity index (χ2n) is 3.32. The van der Waals surface area contributed by atoms with Crippen LogP contribution >= 0.6 is 11.6 Å². The van der Waals surface area contributed by atoms with E-state index in [9.17, 15) is 4.39 Å². The van der Waals surface area contributed by atoms with Crippen molar-refractivity contribution in [3.05, 3.63) is 29.0 Å². The van der Waals surface area contributed by atoms with Crippen molar-refractivity contribution >= 4 is 11.6 Å². The predicted octanol–water partition coefficient (Wildman–Crippen LogP) is 2.81. The summed E-state index contributed by atoms with van der Waals surface area (Å²) < 4.78 is 18.1. The summed E-state index contributed by atoms with van der Waals surface area (Å²) in [5.41, 5.74) is 0. The summed E-state index contributed by atoms with van der Waals surface area (Å²) in [7, 11) is 2.01. The Morgan fingerprint density at radius 1 is 1.47 bits per heavy atom. The minimum Gasteiger partial charge on any atom is -0.491 e. The molecule has 1 aromatic rings. The molecule has 0 N–H and O–H groups in total. The molecule has 0 radical (unpaired) electrons. The van der Waals surface area contributed by atoms with Gasteiger partial charge in [-0.05, 0) is 31.8 Å². The van der Waals surface area contributed by atoms with Crippen molar-refractivity contribution in [3.63, 3.8) is 0 Å². The molecule has 0 aliphatic rings. The number of likely N-dealkylation sites (N-methyl/N-ethyl adjacent to an activating group) is 1. The lowest BCUT2D eigenvalue weighted by atomic mass is 10.3. The van der Waals surface area contributed by atoms with Crippen LogP contribution in [0.3, 0.4) is 0 Å². The maximum absolute atomic E-state index is 12.7. The molecule has 0 aliphatic carbocycles. The van der Waals surface area contributed by atoms with Crippen LogP contribution in [0.15, 0.2) is 18.2 Å². The minimum absolute atomic E-state index is 0.314. The van der Waals surface area contributed by atoms with Crippen LogP contribution in [0.4, 0.5) is 4.39 Å². The Bertz CT molecular complexity index is 319. The number of halogens is 2. The number of hydrogen-bond donors (Lipinski definition) is 0. The van der Waals surface area contributed by atoms with Crippen LogP contribution in [0.5, 0.6) is 5.75 Å². The zero-order valence-corrected chi connectivity index (χ0v) is 9.72. The first-order valence-electron chi connectivity index (χ1n) is 4.90. The number of nitrogens with zero attached hydrogens (tertiary/aromatic N) is 1. The van der Waals surface area contributed by atoms with E-state index in [1.54, 1.807) is 6.07 Å². The van der Waals surface area contributed by atoms with Crippen molar-refractivity contribution < 1.29 is 9.13 Å². The molecule has 2 nitrogen and oxygen atoms in total. The van der Waals surface area contributed by atoms with E-state index in [1.807, 2.05) is 7.05 Å². The molecule has 0 bridgehead atoms. The van der Waals surface area contributed by atoms with Gasteiger partial charge >= 0.3 is 0 Å². The van der Waals surface area contributed by atoms with E-state index in [4.69, 9.17) is 16.3 Å². The molecule has 0 saturated heterocycles. The first-order chi connectivity index (χ1) is 7.13. The average molecular weight is 232 g/mol. The van der Waals surface area contributed by atoms with Gasteiger partial charge in [0.15, 0.2) is 0 Å². The normalized spacial score (nSPS) is 10.7. The quantitative estimate of drug-likeness (QED) is 0.773. The summed E-state index contributed by atoms with van der Waals surface area (Å²) in [6.45, 7) is 4.42. The van der Waals surface area contributed by atoms with Gasteiger partial charge in [0, 0.05) is 6.54 Å². The molecule has 0 amide bonds. The van der Waals surface area contributed by atoms with E-state index in [0.29, 0.717) is 17.4 Å². The molecule has 0 aliphatic heterocycles. The number of hydrogen-bond acceptors (Lipinski definition) is 2. The fraction of sp³-hybridized carbons (Fsp3) is 0.455. The van der Waals surface area contributed by atoms with Crippen LogP contribution in [0.2, 0.25) is 5.02 Å². The smallest absolute Gasteiger partial charge is 0.138 e. The lowest BCUT2D eigenvalue weighted by molar-refractivity contribution is 0.243. The van der Waals surface area contributed by atoms with Gasteiger partial charge < -0.3 is 9.64 Å². The number of rotatable bonds is 5. The molecule has 15 heavy (non-hydrogen) atoms. The van der Waals surface area contributed by atoms with Crippen molar-refractivity contribution in [2.45, 2.75) is 6.92 Å². The molecule has 1 aromatic carbocycles. The molecular formula is C11H15ClFNO. The second-order valence-corrected chi connectivity index (χ2v) is 3.73. The van der Waals surface area contributed by atoms with E-state index in [0.717, 1.165) is 13.1 Å². The molecule has 0 unspecified atom stereocenters. The molecule has 1 rings (SSSR count). The molecule has 84 valence electrons. The highest BCUT2D eigenvalue weighted by Crippen LogP contribution is 2.24. The Labute approximate surface area is 94.6 Å². The van der Waals surface area contributed by atoms with E-state index < -0.39 is 0 Å². The zero-order chi connectivity index (χ0) is 11.3. The highest BCUT2D eigenvalue weighted by Gasteiger charge is 2.03. The van der Waals surface area contributed by atoms with Crippen molar-refractivity contribution in [3.8, 4) is 5.75 Å². The van der Waals surface area contributed by atoms with Gasteiger partial charge in [-0.15, -0.1) is 0 Å². The van der Waals surface area contributed by atoms with Gasteiger partial charge in [-0.1, -0.05) is 18.5 Å². The monoisotopic (exact) mass is 231 g/mol. The van der Waals surface area contributed by atoms with Crippen molar-refractivity contribution in [2.75, 3.05) is 26.7 Å². The third-order valence-electron chi connectivity index (χ3n) is 2.16. The molecule has 0 spiro atoms. The SMILES string of the molecule is CCN(C)CCOc1ccc(F)cc1Cl. The van der Waals surface area contributed by atoms with Crippen molar-refractivity contribution in [1.29, 1.82) is 0 Å². The Hall–Kier alpha value is -0.800. The van der Waals surface area contributed by atoms with E-state index >= 15 is 0 Å². The molecule has 0 fully saturated rings. The fourth-order valence-corrected chi connectivity index (χ4v) is 1.28. The standard InChI is InChI=1S/C11H15ClFNO/c1-3-14(2)6-7-15-11-5-4-9(13)8-10(11)12/h4-5,8H,3,6-7H2,1-2H3. The number of ether oxygens (including phenoxy) is 1. The van der Waals surface area contributed by atoms with E-state index in [1.165, 1.54) is 12.1 Å². The lowest BCUT2D eigenvalue weighted by Gasteiger charge is -2.14. The van der Waals surface area contributed by atoms with Gasteiger partial charge in [0.1, 0.15) is 18.2 Å². The Kier molecular flexibility index (Phi) is 4.85. The van der Waals surface area contributed by atoms with Crippen LogP contribution in [0.25, 0.3) is 0 Å². The van der Waals surface area contributed by atoms with Crippen LogP contribution in [0.1, 0.15) is 6.92 Å². The van der Waals surface area contributed by atoms with Crippen molar-refractivity contribution in [2.24, 2.45) is 0 Å². The fourth-order valence-electron chi connectivity index (χ4n) is 1.06. The molecular weight excluding hydrogens is 217 g/mol. The Balaban J connectivity index is 2.44. The third kappa shape index (κ3) is 4.06.